The first kappa shape index (κ1) is 19.0. The third-order valence-corrected chi connectivity index (χ3v) is 5.20. The minimum atomic E-state index is -3.66. The van der Waals surface area contributed by atoms with Crippen molar-refractivity contribution < 1.29 is 17.9 Å². The van der Waals surface area contributed by atoms with Gasteiger partial charge in [0.25, 0.3) is 0 Å². The number of hydrogen-bond donors (Lipinski definition) is 2. The van der Waals surface area contributed by atoms with E-state index in [9.17, 15) is 13.2 Å². The van der Waals surface area contributed by atoms with E-state index in [1.807, 2.05) is 31.2 Å². The first-order valence-electron chi connectivity index (χ1n) is 7.83. The smallest absolute Gasteiger partial charge is 0.240 e. The highest BCUT2D eigenvalue weighted by molar-refractivity contribution is 7.89. The van der Waals surface area contributed by atoms with E-state index in [0.717, 1.165) is 11.1 Å². The highest BCUT2D eigenvalue weighted by atomic mass is 32.2. The molecule has 1 amide bonds. The van der Waals surface area contributed by atoms with Gasteiger partial charge in [0.2, 0.25) is 15.9 Å². The average molecular weight is 362 g/mol. The minimum Gasteiger partial charge on any atom is -0.495 e. The van der Waals surface area contributed by atoms with Crippen LogP contribution in [0.15, 0.2) is 47.4 Å². The first-order chi connectivity index (χ1) is 11.8. The van der Waals surface area contributed by atoms with Crippen LogP contribution in [0.25, 0.3) is 0 Å². The van der Waals surface area contributed by atoms with Crippen LogP contribution in [-0.2, 0) is 21.2 Å². The van der Waals surface area contributed by atoms with Crippen LogP contribution in [-0.4, -0.2) is 28.0 Å². The molecule has 0 bridgehead atoms. The molecule has 0 radical (unpaired) electrons. The highest BCUT2D eigenvalue weighted by Crippen LogP contribution is 2.27. The maximum Gasteiger partial charge on any atom is 0.240 e. The standard InChI is InChI=1S/C18H22N2O4S/c1-13-6-4-5-7-15(13)10-11-19-25(22,23)16-8-9-17(20-14(2)21)18(12-16)24-3/h4-9,12,19H,10-11H2,1-3H3,(H,20,21). The van der Waals surface area contributed by atoms with Gasteiger partial charge in [-0.15, -0.1) is 0 Å². The molecule has 0 aliphatic carbocycles. The lowest BCUT2D eigenvalue weighted by atomic mass is 10.1. The van der Waals surface area contributed by atoms with E-state index in [4.69, 9.17) is 4.74 Å². The Bertz CT molecular complexity index is 863. The lowest BCUT2D eigenvalue weighted by molar-refractivity contribution is -0.114. The van der Waals surface area contributed by atoms with Gasteiger partial charge in [0.15, 0.2) is 0 Å². The van der Waals surface area contributed by atoms with Gasteiger partial charge in [-0.1, -0.05) is 24.3 Å². The molecule has 2 aromatic rings. The molecule has 0 atom stereocenters. The number of ether oxygens (including phenoxy) is 1. The summed E-state index contributed by atoms with van der Waals surface area (Å²) in [6.45, 7) is 3.66. The minimum absolute atomic E-state index is 0.0863. The van der Waals surface area contributed by atoms with Gasteiger partial charge in [-0.05, 0) is 36.6 Å². The Labute approximate surface area is 148 Å². The molecule has 2 rings (SSSR count). The Balaban J connectivity index is 2.11. The van der Waals surface area contributed by atoms with Gasteiger partial charge in [0.1, 0.15) is 5.75 Å². The Kier molecular flexibility index (Phi) is 6.17. The molecule has 134 valence electrons. The zero-order valence-electron chi connectivity index (χ0n) is 14.5. The number of anilines is 1. The summed E-state index contributed by atoms with van der Waals surface area (Å²) >= 11 is 0. The fourth-order valence-electron chi connectivity index (χ4n) is 2.43. The van der Waals surface area contributed by atoms with Crippen molar-refractivity contribution in [1.29, 1.82) is 0 Å². The van der Waals surface area contributed by atoms with Crippen LogP contribution < -0.4 is 14.8 Å². The van der Waals surface area contributed by atoms with E-state index >= 15 is 0 Å². The number of aryl methyl sites for hydroxylation is 1. The molecule has 0 fully saturated rings. The Morgan fingerprint density at radius 3 is 2.52 bits per heavy atom. The zero-order valence-corrected chi connectivity index (χ0v) is 15.3. The molecule has 2 aromatic carbocycles. The van der Waals surface area contributed by atoms with Gasteiger partial charge in [-0.25, -0.2) is 13.1 Å². The van der Waals surface area contributed by atoms with Gasteiger partial charge >= 0.3 is 0 Å². The van der Waals surface area contributed by atoms with Crippen LogP contribution in [0, 0.1) is 6.92 Å². The largest absolute Gasteiger partial charge is 0.495 e. The molecule has 0 spiro atoms. The summed E-state index contributed by atoms with van der Waals surface area (Å²) in [5.74, 6) is 0.0299. The SMILES string of the molecule is COc1cc(S(=O)(=O)NCCc2ccccc2C)ccc1NC(C)=O. The van der Waals surface area contributed by atoms with Crippen molar-refractivity contribution in [3.63, 3.8) is 0 Å². The molecule has 0 unspecified atom stereocenters. The summed E-state index contributed by atoms with van der Waals surface area (Å²) in [5, 5.41) is 2.59. The number of rotatable bonds is 7. The number of nitrogens with one attached hydrogen (secondary N) is 2. The van der Waals surface area contributed by atoms with Crippen LogP contribution in [0.4, 0.5) is 5.69 Å². The van der Waals surface area contributed by atoms with Crippen molar-refractivity contribution >= 4 is 21.6 Å². The quantitative estimate of drug-likeness (QED) is 0.792. The van der Waals surface area contributed by atoms with Crippen molar-refractivity contribution in [2.24, 2.45) is 0 Å². The molecule has 0 heterocycles. The van der Waals surface area contributed by atoms with Crippen molar-refractivity contribution in [3.8, 4) is 5.75 Å². The van der Waals surface area contributed by atoms with E-state index in [1.54, 1.807) is 0 Å². The van der Waals surface area contributed by atoms with Gasteiger partial charge < -0.3 is 10.1 Å². The molecule has 0 aliphatic heterocycles. The van der Waals surface area contributed by atoms with Crippen molar-refractivity contribution in [1.82, 2.24) is 4.72 Å². The molecular weight excluding hydrogens is 340 g/mol. The summed E-state index contributed by atoms with van der Waals surface area (Å²) in [5.41, 5.74) is 2.65. The Morgan fingerprint density at radius 1 is 1.16 bits per heavy atom. The van der Waals surface area contributed by atoms with Gasteiger partial charge in [-0.2, -0.15) is 0 Å². The summed E-state index contributed by atoms with van der Waals surface area (Å²) < 4.78 is 32.7. The van der Waals surface area contributed by atoms with Gasteiger partial charge in [0.05, 0.1) is 17.7 Å². The predicted molar refractivity (Wildman–Crippen MR) is 97.4 cm³/mol. The van der Waals surface area contributed by atoms with Crippen molar-refractivity contribution in [2.45, 2.75) is 25.2 Å². The molecule has 0 aromatic heterocycles. The Morgan fingerprint density at radius 2 is 1.88 bits per heavy atom. The fourth-order valence-corrected chi connectivity index (χ4v) is 3.47. The molecule has 6 nitrogen and oxygen atoms in total. The molecule has 0 saturated heterocycles. The molecule has 2 N–H and O–H groups in total. The van der Waals surface area contributed by atoms with Crippen molar-refractivity contribution in [2.75, 3.05) is 19.0 Å². The number of amides is 1. The number of sulfonamides is 1. The third-order valence-electron chi connectivity index (χ3n) is 3.74. The van der Waals surface area contributed by atoms with E-state index in [-0.39, 0.29) is 16.6 Å². The maximum absolute atomic E-state index is 12.5. The normalized spacial score (nSPS) is 11.2. The maximum atomic E-state index is 12.5. The second kappa shape index (κ2) is 8.13. The topological polar surface area (TPSA) is 84.5 Å². The van der Waals surface area contributed by atoms with Crippen LogP contribution >= 0.6 is 0 Å². The number of hydrogen-bond acceptors (Lipinski definition) is 4. The molecule has 25 heavy (non-hydrogen) atoms. The van der Waals surface area contributed by atoms with Crippen molar-refractivity contribution in [3.05, 3.63) is 53.6 Å². The monoisotopic (exact) mass is 362 g/mol. The van der Waals surface area contributed by atoms with Crippen LogP contribution in [0.1, 0.15) is 18.1 Å². The summed E-state index contributed by atoms with van der Waals surface area (Å²) in [6.07, 6.45) is 0.604. The summed E-state index contributed by atoms with van der Waals surface area (Å²) in [6, 6.07) is 12.2. The lowest BCUT2D eigenvalue weighted by Crippen LogP contribution is -2.26. The van der Waals surface area contributed by atoms with E-state index in [1.165, 1.54) is 32.2 Å². The number of carbonyl (C=O) groups excluding carboxylic acids is 1. The average Bonchev–Trinajstić information content (AvgIpc) is 2.56. The first-order valence-corrected chi connectivity index (χ1v) is 9.31. The number of carbonyl (C=O) groups is 1. The van der Waals surface area contributed by atoms with Gasteiger partial charge in [0, 0.05) is 19.5 Å². The van der Waals surface area contributed by atoms with Crippen LogP contribution in [0.5, 0.6) is 5.75 Å². The third kappa shape index (κ3) is 5.04. The molecule has 0 aliphatic rings. The number of methoxy groups -OCH3 is 1. The van der Waals surface area contributed by atoms with E-state index in [0.29, 0.717) is 18.7 Å². The Hall–Kier alpha value is -2.38. The van der Waals surface area contributed by atoms with E-state index < -0.39 is 10.0 Å². The second-order valence-electron chi connectivity index (χ2n) is 5.62. The molecular formula is C18H22N2O4S. The second-order valence-corrected chi connectivity index (χ2v) is 7.38. The van der Waals surface area contributed by atoms with Crippen LogP contribution in [0.3, 0.4) is 0 Å². The highest BCUT2D eigenvalue weighted by Gasteiger charge is 2.16. The summed E-state index contributed by atoms with van der Waals surface area (Å²) in [7, 11) is -2.24. The molecule has 7 heteroatoms. The van der Waals surface area contributed by atoms with Crippen LogP contribution in [0.2, 0.25) is 0 Å². The lowest BCUT2D eigenvalue weighted by Gasteiger charge is -2.12. The zero-order chi connectivity index (χ0) is 18.4. The predicted octanol–water partition coefficient (Wildman–Crippen LogP) is 2.48. The molecule has 0 saturated carbocycles. The number of benzene rings is 2. The van der Waals surface area contributed by atoms with E-state index in [2.05, 4.69) is 10.0 Å². The fraction of sp³-hybridized carbons (Fsp3) is 0.278. The summed E-state index contributed by atoms with van der Waals surface area (Å²) in [4.78, 5) is 11.3. The van der Waals surface area contributed by atoms with Gasteiger partial charge in [-0.3, -0.25) is 4.79 Å².